The van der Waals surface area contributed by atoms with Crippen LogP contribution in [0.3, 0.4) is 0 Å². The Morgan fingerprint density at radius 1 is 1.05 bits per heavy atom. The second-order valence-corrected chi connectivity index (χ2v) is 5.34. The molecule has 0 amide bonds. The number of ether oxygens (including phenoxy) is 2. The van der Waals surface area contributed by atoms with Crippen molar-refractivity contribution in [2.24, 2.45) is 0 Å². The minimum atomic E-state index is -1.24. The van der Waals surface area contributed by atoms with Gasteiger partial charge >= 0.3 is 0 Å². The van der Waals surface area contributed by atoms with Crippen molar-refractivity contribution >= 4 is 0 Å². The number of aliphatic hydroxyl groups is 4. The van der Waals surface area contributed by atoms with Crippen LogP contribution in [0.2, 0.25) is 0 Å². The zero-order valence-electron chi connectivity index (χ0n) is 12.1. The molecule has 0 spiro atoms. The van der Waals surface area contributed by atoms with Gasteiger partial charge in [-0.2, -0.15) is 0 Å². The third-order valence-electron chi connectivity index (χ3n) is 3.60. The van der Waals surface area contributed by atoms with Crippen LogP contribution in [0.1, 0.15) is 45.4 Å². The molecule has 0 aliphatic carbocycles. The van der Waals surface area contributed by atoms with Gasteiger partial charge in [-0.15, -0.1) is 0 Å². The normalized spacial score (nSPS) is 31.6. The fraction of sp³-hybridized carbons (Fsp3) is 1.00. The van der Waals surface area contributed by atoms with Gasteiger partial charge in [-0.1, -0.05) is 39.0 Å². The van der Waals surface area contributed by atoms with Crippen LogP contribution in [0, 0.1) is 0 Å². The summed E-state index contributed by atoms with van der Waals surface area (Å²) in [6, 6.07) is 0. The molecule has 0 aromatic carbocycles. The summed E-state index contributed by atoms with van der Waals surface area (Å²) in [6.07, 6.45) is 1.19. The fourth-order valence-electron chi connectivity index (χ4n) is 2.31. The third kappa shape index (κ3) is 5.27. The second kappa shape index (κ2) is 9.65. The number of hydrogen-bond acceptors (Lipinski definition) is 6. The van der Waals surface area contributed by atoms with Gasteiger partial charge in [0.05, 0.1) is 6.61 Å². The highest BCUT2D eigenvalue weighted by Crippen LogP contribution is 2.24. The number of unbranched alkanes of at least 4 members (excludes halogenated alkanes) is 5. The molecule has 6 heteroatoms. The average Bonchev–Trinajstić information content (AvgIpc) is 2.74. The predicted molar refractivity (Wildman–Crippen MR) is 73.1 cm³/mol. The average molecular weight is 292 g/mol. The number of aliphatic hydroxyl groups excluding tert-OH is 4. The maximum Gasteiger partial charge on any atom is 0.186 e. The van der Waals surface area contributed by atoms with Crippen LogP contribution < -0.4 is 0 Å². The summed E-state index contributed by atoms with van der Waals surface area (Å²) in [4.78, 5) is 0. The molecular weight excluding hydrogens is 264 g/mol. The molecule has 1 aliphatic heterocycles. The van der Waals surface area contributed by atoms with E-state index in [1.54, 1.807) is 0 Å². The molecule has 0 saturated carbocycles. The van der Waals surface area contributed by atoms with E-state index in [-0.39, 0.29) is 0 Å². The molecule has 120 valence electrons. The second-order valence-electron chi connectivity index (χ2n) is 5.34. The molecule has 4 N–H and O–H groups in total. The Bertz CT molecular complexity index is 250. The zero-order valence-corrected chi connectivity index (χ0v) is 12.1. The molecule has 5 atom stereocenters. The van der Waals surface area contributed by atoms with Crippen LogP contribution in [-0.4, -0.2) is 64.3 Å². The molecule has 6 nitrogen and oxygen atoms in total. The molecule has 0 unspecified atom stereocenters. The largest absolute Gasteiger partial charge is 0.394 e. The molecule has 1 saturated heterocycles. The zero-order chi connectivity index (χ0) is 15.0. The minimum absolute atomic E-state index is 0.447. The summed E-state index contributed by atoms with van der Waals surface area (Å²) in [5.74, 6) is 0. The maximum atomic E-state index is 9.75. The van der Waals surface area contributed by atoms with E-state index in [1.165, 1.54) is 25.7 Å². The van der Waals surface area contributed by atoms with Gasteiger partial charge in [-0.05, 0) is 6.42 Å². The molecule has 1 heterocycles. The first-order chi connectivity index (χ1) is 9.61. The van der Waals surface area contributed by atoms with E-state index in [0.717, 1.165) is 12.8 Å². The van der Waals surface area contributed by atoms with Gasteiger partial charge in [-0.3, -0.25) is 0 Å². The van der Waals surface area contributed by atoms with Crippen molar-refractivity contribution in [1.29, 1.82) is 0 Å². The van der Waals surface area contributed by atoms with Crippen molar-refractivity contribution in [3.05, 3.63) is 0 Å². The highest BCUT2D eigenvalue weighted by atomic mass is 16.7. The fourth-order valence-corrected chi connectivity index (χ4v) is 2.31. The van der Waals surface area contributed by atoms with Crippen molar-refractivity contribution < 1.29 is 29.9 Å². The summed E-state index contributed by atoms with van der Waals surface area (Å²) < 4.78 is 10.6. The van der Waals surface area contributed by atoms with E-state index in [0.29, 0.717) is 6.61 Å². The van der Waals surface area contributed by atoms with E-state index >= 15 is 0 Å². The van der Waals surface area contributed by atoms with Crippen LogP contribution in [0.15, 0.2) is 0 Å². The van der Waals surface area contributed by atoms with E-state index in [2.05, 4.69) is 6.92 Å². The Balaban J connectivity index is 2.17. The lowest BCUT2D eigenvalue weighted by molar-refractivity contribution is -0.181. The smallest absolute Gasteiger partial charge is 0.186 e. The molecular formula is C14H28O6. The Morgan fingerprint density at radius 3 is 2.35 bits per heavy atom. The summed E-state index contributed by atoms with van der Waals surface area (Å²) in [5, 5.41) is 37.7. The van der Waals surface area contributed by atoms with Gasteiger partial charge < -0.3 is 29.9 Å². The maximum absolute atomic E-state index is 9.75. The molecule has 1 aliphatic rings. The van der Waals surface area contributed by atoms with Gasteiger partial charge in [0.1, 0.15) is 24.4 Å². The van der Waals surface area contributed by atoms with Crippen molar-refractivity contribution in [2.75, 3.05) is 13.2 Å². The first-order valence-corrected chi connectivity index (χ1v) is 7.54. The molecule has 1 fully saturated rings. The monoisotopic (exact) mass is 292 g/mol. The first-order valence-electron chi connectivity index (χ1n) is 7.54. The first kappa shape index (κ1) is 17.8. The highest BCUT2D eigenvalue weighted by Gasteiger charge is 2.46. The number of rotatable bonds is 10. The Kier molecular flexibility index (Phi) is 8.60. The molecule has 20 heavy (non-hydrogen) atoms. The van der Waals surface area contributed by atoms with Crippen molar-refractivity contribution in [3.63, 3.8) is 0 Å². The van der Waals surface area contributed by atoms with E-state index in [9.17, 15) is 15.3 Å². The minimum Gasteiger partial charge on any atom is -0.394 e. The number of hydrogen-bond donors (Lipinski definition) is 4. The van der Waals surface area contributed by atoms with Crippen LogP contribution in [0.4, 0.5) is 0 Å². The van der Waals surface area contributed by atoms with E-state index < -0.39 is 37.3 Å². The van der Waals surface area contributed by atoms with Gasteiger partial charge in [0.25, 0.3) is 0 Å². The summed E-state index contributed by atoms with van der Waals surface area (Å²) in [5.41, 5.74) is 0. The molecule has 0 bridgehead atoms. The van der Waals surface area contributed by atoms with Crippen LogP contribution in [0.25, 0.3) is 0 Å². The molecule has 0 aromatic rings. The molecule has 0 radical (unpaired) electrons. The van der Waals surface area contributed by atoms with Gasteiger partial charge in [-0.25, -0.2) is 0 Å². The van der Waals surface area contributed by atoms with Crippen LogP contribution in [-0.2, 0) is 9.47 Å². The Labute approximate surface area is 120 Å². The standard InChI is InChI=1S/C14H28O6/c1-2-3-4-5-6-7-8-19-14-12(18)11(17)13(20-14)10(16)9-15/h10-18H,2-9H2,1H3/t10-,11-,12-,13-,14-/m0/s1. The van der Waals surface area contributed by atoms with Gasteiger partial charge in [0.15, 0.2) is 6.29 Å². The Morgan fingerprint density at radius 2 is 1.70 bits per heavy atom. The SMILES string of the molecule is CCCCCCCCO[C@H]1O[C@@H]([C@@H](O)CO)[C@@H](O)[C@@H]1O. The van der Waals surface area contributed by atoms with Gasteiger partial charge in [0, 0.05) is 6.61 Å². The molecule has 0 aromatic heterocycles. The quantitative estimate of drug-likeness (QED) is 0.428. The molecule has 1 rings (SSSR count). The topological polar surface area (TPSA) is 99.4 Å². The van der Waals surface area contributed by atoms with Crippen molar-refractivity contribution in [1.82, 2.24) is 0 Å². The van der Waals surface area contributed by atoms with Crippen LogP contribution in [0.5, 0.6) is 0 Å². The Hall–Kier alpha value is -0.240. The van der Waals surface area contributed by atoms with Crippen molar-refractivity contribution in [3.8, 4) is 0 Å². The highest BCUT2D eigenvalue weighted by molar-refractivity contribution is 4.90. The van der Waals surface area contributed by atoms with Crippen LogP contribution >= 0.6 is 0 Å². The van der Waals surface area contributed by atoms with E-state index in [4.69, 9.17) is 14.6 Å². The lowest BCUT2D eigenvalue weighted by Crippen LogP contribution is -2.40. The predicted octanol–water partition coefficient (Wildman–Crippen LogP) is 0.163. The van der Waals surface area contributed by atoms with Gasteiger partial charge in [0.2, 0.25) is 0 Å². The van der Waals surface area contributed by atoms with E-state index in [1.807, 2.05) is 0 Å². The lowest BCUT2D eigenvalue weighted by atomic mass is 10.1. The summed E-state index contributed by atoms with van der Waals surface area (Å²) in [6.45, 7) is 2.09. The lowest BCUT2D eigenvalue weighted by Gasteiger charge is -2.18. The van der Waals surface area contributed by atoms with Crippen molar-refractivity contribution in [2.45, 2.75) is 76.2 Å². The summed E-state index contributed by atoms with van der Waals surface area (Å²) in [7, 11) is 0. The third-order valence-corrected chi connectivity index (χ3v) is 3.60. The summed E-state index contributed by atoms with van der Waals surface area (Å²) >= 11 is 0.